The number of quaternary nitrogens is 1. The van der Waals surface area contributed by atoms with Crippen LogP contribution in [0.2, 0.25) is 0 Å². The van der Waals surface area contributed by atoms with E-state index in [0.717, 1.165) is 51.4 Å². The molecule has 0 amide bonds. The van der Waals surface area contributed by atoms with Gasteiger partial charge >= 0.3 is 11.9 Å². The standard InChI is InChI=1S/C39H67NO7/c1-6-8-10-12-14-16-17-18-19-20-22-24-26-28-30-38(42)47-35(33-45-32-31-36(39(43)44)40(3,4)5)34-46-37(41)29-27-25-23-21-15-13-11-9-7-2/h9,11,15,19-21,25,27,35-36H,6-8,10,12-14,16-18,22-24,26,28-34H2,1-5H3/b11-9+,20-19+,21-15+,27-25+. The summed E-state index contributed by atoms with van der Waals surface area (Å²) in [5.74, 6) is -1.92. The Hall–Kier alpha value is -2.71. The monoisotopic (exact) mass is 661 g/mol. The predicted molar refractivity (Wildman–Crippen MR) is 189 cm³/mol. The van der Waals surface area contributed by atoms with Crippen molar-refractivity contribution in [2.75, 3.05) is 41.0 Å². The zero-order chi connectivity index (χ0) is 35.0. The van der Waals surface area contributed by atoms with Gasteiger partial charge in [0.25, 0.3) is 0 Å². The van der Waals surface area contributed by atoms with E-state index in [0.29, 0.717) is 0 Å². The van der Waals surface area contributed by atoms with Gasteiger partial charge < -0.3 is 28.6 Å². The maximum absolute atomic E-state index is 12.6. The maximum Gasteiger partial charge on any atom is 0.309 e. The molecule has 0 heterocycles. The Balaban J connectivity index is 4.55. The third kappa shape index (κ3) is 29.2. The van der Waals surface area contributed by atoms with Gasteiger partial charge in [-0.25, -0.2) is 0 Å². The fraction of sp³-hybridized carbons (Fsp3) is 0.718. The molecular weight excluding hydrogens is 594 g/mol. The van der Waals surface area contributed by atoms with Crippen molar-refractivity contribution in [3.63, 3.8) is 0 Å². The van der Waals surface area contributed by atoms with Crippen molar-refractivity contribution in [2.24, 2.45) is 0 Å². The van der Waals surface area contributed by atoms with Crippen molar-refractivity contribution in [2.45, 2.75) is 142 Å². The number of rotatable bonds is 31. The Morgan fingerprint density at radius 3 is 1.85 bits per heavy atom. The number of allylic oxidation sites excluding steroid dienone is 7. The van der Waals surface area contributed by atoms with Crippen LogP contribution in [-0.2, 0) is 28.6 Å². The van der Waals surface area contributed by atoms with Gasteiger partial charge in [0.05, 0.1) is 46.7 Å². The molecule has 0 aliphatic rings. The van der Waals surface area contributed by atoms with E-state index >= 15 is 0 Å². The third-order valence-electron chi connectivity index (χ3n) is 7.73. The second kappa shape index (κ2) is 30.6. The molecule has 0 saturated carbocycles. The summed E-state index contributed by atoms with van der Waals surface area (Å²) in [6, 6.07) is -0.738. The largest absolute Gasteiger partial charge is 0.544 e. The molecule has 0 rings (SSSR count). The van der Waals surface area contributed by atoms with Crippen LogP contribution >= 0.6 is 0 Å². The predicted octanol–water partition coefficient (Wildman–Crippen LogP) is 7.57. The highest BCUT2D eigenvalue weighted by atomic mass is 16.6. The Kier molecular flexibility index (Phi) is 28.8. The average Bonchev–Trinajstić information content (AvgIpc) is 3.01. The summed E-state index contributed by atoms with van der Waals surface area (Å²) in [6.45, 7) is 4.38. The lowest BCUT2D eigenvalue weighted by Gasteiger charge is -2.34. The van der Waals surface area contributed by atoms with E-state index < -0.39 is 24.1 Å². The quantitative estimate of drug-likeness (QED) is 0.0327. The minimum atomic E-state index is -1.14. The van der Waals surface area contributed by atoms with Crippen LogP contribution in [0, 0.1) is 0 Å². The molecule has 8 heteroatoms. The van der Waals surface area contributed by atoms with Crippen molar-refractivity contribution >= 4 is 17.9 Å². The lowest BCUT2D eigenvalue weighted by molar-refractivity contribution is -0.889. The van der Waals surface area contributed by atoms with Gasteiger partial charge in [0.2, 0.25) is 0 Å². The summed E-state index contributed by atoms with van der Waals surface area (Å²) in [6.07, 6.45) is 33.2. The van der Waals surface area contributed by atoms with Crippen molar-refractivity contribution in [1.29, 1.82) is 0 Å². The lowest BCUT2D eigenvalue weighted by atomic mass is 10.1. The summed E-state index contributed by atoms with van der Waals surface area (Å²) in [5, 5.41) is 11.5. The van der Waals surface area contributed by atoms with Gasteiger partial charge in [-0.2, -0.15) is 0 Å². The SMILES string of the molecule is CC/C=C/C/C=C/C/C=C/CC(=O)OCC(COCCC(C(=O)[O-])[N+](C)(C)C)OC(=O)CCCCC/C=C/CCCCCCCCC. The number of hydrogen-bond donors (Lipinski definition) is 0. The molecule has 47 heavy (non-hydrogen) atoms. The molecule has 2 atom stereocenters. The van der Waals surface area contributed by atoms with Crippen LogP contribution in [0.5, 0.6) is 0 Å². The Bertz CT molecular complexity index is 917. The van der Waals surface area contributed by atoms with Crippen molar-refractivity contribution in [3.8, 4) is 0 Å². The summed E-state index contributed by atoms with van der Waals surface area (Å²) >= 11 is 0. The second-order valence-corrected chi connectivity index (χ2v) is 13.1. The highest BCUT2D eigenvalue weighted by molar-refractivity contribution is 5.71. The lowest BCUT2D eigenvalue weighted by Crippen LogP contribution is -2.55. The molecule has 0 aliphatic carbocycles. The molecule has 0 bridgehead atoms. The number of hydrogen-bond acceptors (Lipinski definition) is 7. The number of likely N-dealkylation sites (N-methyl/N-ethyl adjacent to an activating group) is 1. The van der Waals surface area contributed by atoms with E-state index in [4.69, 9.17) is 14.2 Å². The fourth-order valence-corrected chi connectivity index (χ4v) is 4.89. The van der Waals surface area contributed by atoms with Gasteiger partial charge in [0.15, 0.2) is 6.10 Å². The van der Waals surface area contributed by atoms with Gasteiger partial charge in [-0.05, 0) is 51.4 Å². The van der Waals surface area contributed by atoms with Gasteiger partial charge in [0.1, 0.15) is 12.6 Å². The molecule has 2 unspecified atom stereocenters. The van der Waals surface area contributed by atoms with E-state index in [9.17, 15) is 19.5 Å². The summed E-state index contributed by atoms with van der Waals surface area (Å²) < 4.78 is 16.9. The molecule has 0 aromatic heterocycles. The number of carbonyl (C=O) groups excluding carboxylic acids is 3. The number of nitrogens with zero attached hydrogens (tertiary/aromatic N) is 1. The molecule has 0 aromatic carbocycles. The third-order valence-corrected chi connectivity index (χ3v) is 7.73. The highest BCUT2D eigenvalue weighted by Gasteiger charge is 2.25. The van der Waals surface area contributed by atoms with E-state index in [1.165, 1.54) is 44.9 Å². The Morgan fingerprint density at radius 2 is 1.26 bits per heavy atom. The number of esters is 2. The Labute approximate surface area is 286 Å². The zero-order valence-corrected chi connectivity index (χ0v) is 30.4. The van der Waals surface area contributed by atoms with Crippen LogP contribution in [0.25, 0.3) is 0 Å². The number of aliphatic carboxylic acids is 1. The molecule has 0 saturated heterocycles. The van der Waals surface area contributed by atoms with Crippen LogP contribution in [0.3, 0.4) is 0 Å². The first-order valence-electron chi connectivity index (χ1n) is 18.2. The van der Waals surface area contributed by atoms with E-state index in [1.807, 2.05) is 12.2 Å². The number of carbonyl (C=O) groups is 3. The molecular formula is C39H67NO7. The number of carboxylic acid groups (broad SMARTS) is 1. The summed E-state index contributed by atoms with van der Waals surface area (Å²) in [5.41, 5.74) is 0. The van der Waals surface area contributed by atoms with Crippen LogP contribution in [-0.4, -0.2) is 75.5 Å². The van der Waals surface area contributed by atoms with Gasteiger partial charge in [-0.15, -0.1) is 0 Å². The van der Waals surface area contributed by atoms with Crippen LogP contribution in [0.1, 0.15) is 129 Å². The molecule has 0 aromatic rings. The van der Waals surface area contributed by atoms with E-state index in [1.54, 1.807) is 27.2 Å². The van der Waals surface area contributed by atoms with Crippen LogP contribution < -0.4 is 5.11 Å². The first-order chi connectivity index (χ1) is 22.6. The van der Waals surface area contributed by atoms with Gasteiger partial charge in [-0.3, -0.25) is 9.59 Å². The van der Waals surface area contributed by atoms with Crippen molar-refractivity contribution < 1.29 is 38.2 Å². The molecule has 0 fully saturated rings. The van der Waals surface area contributed by atoms with Gasteiger partial charge in [0, 0.05) is 12.8 Å². The van der Waals surface area contributed by atoms with E-state index in [2.05, 4.69) is 44.2 Å². The topological polar surface area (TPSA) is 102 Å². The molecule has 0 aliphatic heterocycles. The molecule has 270 valence electrons. The first-order valence-corrected chi connectivity index (χ1v) is 18.2. The van der Waals surface area contributed by atoms with E-state index in [-0.39, 0.29) is 49.5 Å². The number of carboxylic acids is 1. The number of unbranched alkanes of at least 4 members (excludes halogenated alkanes) is 10. The smallest absolute Gasteiger partial charge is 0.309 e. The van der Waals surface area contributed by atoms with Crippen molar-refractivity contribution in [3.05, 3.63) is 48.6 Å². The molecule has 0 N–H and O–H groups in total. The summed E-state index contributed by atoms with van der Waals surface area (Å²) in [4.78, 5) is 36.4. The first kappa shape index (κ1) is 44.3. The molecule has 8 nitrogen and oxygen atoms in total. The Morgan fingerprint density at radius 1 is 0.681 bits per heavy atom. The second-order valence-electron chi connectivity index (χ2n) is 13.1. The minimum absolute atomic E-state index is 0.00652. The number of ether oxygens (including phenoxy) is 3. The maximum atomic E-state index is 12.6. The van der Waals surface area contributed by atoms with Crippen molar-refractivity contribution in [1.82, 2.24) is 0 Å². The van der Waals surface area contributed by atoms with Gasteiger partial charge in [-0.1, -0.05) is 107 Å². The van der Waals surface area contributed by atoms with Crippen LogP contribution in [0.4, 0.5) is 0 Å². The fourth-order valence-electron chi connectivity index (χ4n) is 4.89. The molecule has 0 spiro atoms. The minimum Gasteiger partial charge on any atom is -0.544 e. The highest BCUT2D eigenvalue weighted by Crippen LogP contribution is 2.11. The average molecular weight is 662 g/mol. The normalized spacial score (nSPS) is 13.6. The van der Waals surface area contributed by atoms with Crippen LogP contribution in [0.15, 0.2) is 48.6 Å². The summed E-state index contributed by atoms with van der Waals surface area (Å²) in [7, 11) is 5.36. The molecule has 0 radical (unpaired) electrons. The zero-order valence-electron chi connectivity index (χ0n) is 30.4.